The van der Waals surface area contributed by atoms with Gasteiger partial charge in [0, 0.05) is 40.8 Å². The lowest BCUT2D eigenvalue weighted by Crippen LogP contribution is -2.19. The van der Waals surface area contributed by atoms with Crippen LogP contribution in [0.25, 0.3) is 10.9 Å². The third-order valence-electron chi connectivity index (χ3n) is 4.91. The topological polar surface area (TPSA) is 93.7 Å². The molecule has 3 heterocycles. The summed E-state index contributed by atoms with van der Waals surface area (Å²) >= 11 is 0. The predicted molar refractivity (Wildman–Crippen MR) is 112 cm³/mol. The van der Waals surface area contributed by atoms with Crippen molar-refractivity contribution in [2.45, 2.75) is 0 Å². The smallest absolute Gasteiger partial charge is 0.272 e. The summed E-state index contributed by atoms with van der Waals surface area (Å²) in [6.07, 6.45) is 0. The summed E-state index contributed by atoms with van der Waals surface area (Å²) in [6, 6.07) is 15.6. The largest absolute Gasteiger partial charge is 0.368 e. The molecule has 1 aromatic heterocycles. The Balaban J connectivity index is 1.34. The molecule has 0 saturated carbocycles. The van der Waals surface area contributed by atoms with Crippen LogP contribution in [0.4, 0.5) is 5.69 Å². The minimum atomic E-state index is -0.168. The van der Waals surface area contributed by atoms with Crippen LogP contribution in [-0.2, 0) is 0 Å². The fraction of sp³-hybridized carbons (Fsp3) is 0.190. The van der Waals surface area contributed by atoms with Gasteiger partial charge in [0.15, 0.2) is 0 Å². The summed E-state index contributed by atoms with van der Waals surface area (Å²) in [4.78, 5) is 24.7. The van der Waals surface area contributed by atoms with E-state index in [-0.39, 0.29) is 5.91 Å². The molecule has 0 fully saturated rings. The second kappa shape index (κ2) is 6.84. The third-order valence-corrected chi connectivity index (χ3v) is 4.91. The minimum absolute atomic E-state index is 0.168. The van der Waals surface area contributed by atoms with Gasteiger partial charge in [-0.1, -0.05) is 12.1 Å². The average molecular weight is 372 g/mol. The quantitative estimate of drug-likeness (QED) is 0.565. The zero-order chi connectivity index (χ0) is 18.9. The maximum atomic E-state index is 12.7. The first-order chi connectivity index (χ1) is 13.8. The van der Waals surface area contributed by atoms with E-state index in [2.05, 4.69) is 30.9 Å². The molecule has 4 N–H and O–H groups in total. The van der Waals surface area contributed by atoms with Gasteiger partial charge in [-0.3, -0.25) is 14.8 Å². The van der Waals surface area contributed by atoms with Crippen LogP contribution in [0.5, 0.6) is 0 Å². The summed E-state index contributed by atoms with van der Waals surface area (Å²) in [5.41, 5.74) is 4.24. The molecule has 7 nitrogen and oxygen atoms in total. The van der Waals surface area contributed by atoms with Crippen molar-refractivity contribution in [3.05, 3.63) is 65.4 Å². The van der Waals surface area contributed by atoms with Crippen molar-refractivity contribution in [3.63, 3.8) is 0 Å². The molecular weight excluding hydrogens is 352 g/mol. The van der Waals surface area contributed by atoms with Gasteiger partial charge >= 0.3 is 0 Å². The van der Waals surface area contributed by atoms with Gasteiger partial charge in [-0.15, -0.1) is 0 Å². The number of benzene rings is 2. The zero-order valence-corrected chi connectivity index (χ0v) is 15.2. The molecule has 0 bridgehead atoms. The molecule has 3 aromatic rings. The Morgan fingerprint density at radius 2 is 1.54 bits per heavy atom. The highest BCUT2D eigenvalue weighted by atomic mass is 16.1. The van der Waals surface area contributed by atoms with Crippen molar-refractivity contribution >= 4 is 34.2 Å². The monoisotopic (exact) mass is 372 g/mol. The Bertz CT molecular complexity index is 1110. The molecule has 0 atom stereocenters. The van der Waals surface area contributed by atoms with Crippen molar-refractivity contribution in [2.75, 3.05) is 31.5 Å². The lowest BCUT2D eigenvalue weighted by atomic mass is 10.1. The fourth-order valence-corrected chi connectivity index (χ4v) is 3.49. The van der Waals surface area contributed by atoms with Gasteiger partial charge < -0.3 is 20.9 Å². The van der Waals surface area contributed by atoms with Crippen LogP contribution in [0.15, 0.2) is 58.5 Å². The maximum Gasteiger partial charge on any atom is 0.272 e. The molecule has 0 saturated heterocycles. The van der Waals surface area contributed by atoms with E-state index in [1.807, 2.05) is 48.5 Å². The number of nitrogens with zero attached hydrogens (tertiary/aromatic N) is 2. The van der Waals surface area contributed by atoms with E-state index in [0.717, 1.165) is 65.6 Å². The molecule has 0 spiro atoms. The van der Waals surface area contributed by atoms with Gasteiger partial charge in [-0.05, 0) is 36.4 Å². The van der Waals surface area contributed by atoms with E-state index in [9.17, 15) is 4.79 Å². The molecule has 2 aliphatic heterocycles. The lowest BCUT2D eigenvalue weighted by molar-refractivity contribution is 0.102. The van der Waals surface area contributed by atoms with Gasteiger partial charge in [0.25, 0.3) is 5.91 Å². The van der Waals surface area contributed by atoms with Crippen LogP contribution in [0.2, 0.25) is 0 Å². The molecular formula is C21H20N6O. The van der Waals surface area contributed by atoms with Crippen LogP contribution in [0.1, 0.15) is 21.6 Å². The number of carbonyl (C=O) groups is 1. The highest BCUT2D eigenvalue weighted by Gasteiger charge is 2.13. The Morgan fingerprint density at radius 3 is 2.21 bits per heavy atom. The number of aliphatic imine (C=N–C) groups is 2. The van der Waals surface area contributed by atoms with Crippen LogP contribution in [0, 0.1) is 0 Å². The Labute approximate surface area is 162 Å². The van der Waals surface area contributed by atoms with E-state index in [4.69, 9.17) is 0 Å². The number of fused-ring (bicyclic) bond motifs is 1. The van der Waals surface area contributed by atoms with Crippen molar-refractivity contribution in [2.24, 2.45) is 9.98 Å². The molecule has 28 heavy (non-hydrogen) atoms. The zero-order valence-electron chi connectivity index (χ0n) is 15.2. The van der Waals surface area contributed by atoms with E-state index in [0.29, 0.717) is 5.69 Å². The van der Waals surface area contributed by atoms with E-state index >= 15 is 0 Å². The highest BCUT2D eigenvalue weighted by Crippen LogP contribution is 2.19. The van der Waals surface area contributed by atoms with E-state index < -0.39 is 0 Å². The molecule has 2 aromatic carbocycles. The van der Waals surface area contributed by atoms with Gasteiger partial charge in [0.1, 0.15) is 17.4 Å². The third kappa shape index (κ3) is 3.11. The normalized spacial score (nSPS) is 15.7. The molecule has 5 rings (SSSR count). The van der Waals surface area contributed by atoms with Gasteiger partial charge in [0.2, 0.25) is 0 Å². The molecule has 140 valence electrons. The average Bonchev–Trinajstić information content (AvgIpc) is 3.49. The Hall–Kier alpha value is -3.61. The van der Waals surface area contributed by atoms with Gasteiger partial charge in [-0.25, -0.2) is 0 Å². The summed E-state index contributed by atoms with van der Waals surface area (Å²) in [7, 11) is 0. The van der Waals surface area contributed by atoms with E-state index in [1.165, 1.54) is 0 Å². The Morgan fingerprint density at radius 1 is 0.857 bits per heavy atom. The number of aromatic nitrogens is 1. The molecule has 1 amide bonds. The van der Waals surface area contributed by atoms with Crippen LogP contribution in [0.3, 0.4) is 0 Å². The first-order valence-corrected chi connectivity index (χ1v) is 9.38. The number of rotatable bonds is 4. The summed E-state index contributed by atoms with van der Waals surface area (Å²) in [5.74, 6) is 1.65. The lowest BCUT2D eigenvalue weighted by Gasteiger charge is -2.06. The second-order valence-corrected chi connectivity index (χ2v) is 6.83. The minimum Gasteiger partial charge on any atom is -0.368 e. The standard InChI is InChI=1S/C21H20N6O/c28-21(26-16-5-3-13(4-6-16)19-22-7-8-23-19)18-11-14-1-2-15(12-17(14)27-18)20-24-9-10-25-20/h1-6,11-12,27H,7-10H2,(H,22,23)(H,24,25)(H,26,28). The van der Waals surface area contributed by atoms with Crippen LogP contribution in [-0.4, -0.2) is 48.7 Å². The van der Waals surface area contributed by atoms with Gasteiger partial charge in [0.05, 0.1) is 13.1 Å². The molecule has 0 unspecified atom stereocenters. The molecule has 2 aliphatic rings. The predicted octanol–water partition coefficient (Wildman–Crippen LogP) is 2.12. The SMILES string of the molecule is O=C(Nc1ccc(C2=NCCN2)cc1)c1cc2ccc(C3=NCCN3)cc2[nH]1. The van der Waals surface area contributed by atoms with Crippen molar-refractivity contribution in [1.29, 1.82) is 0 Å². The maximum absolute atomic E-state index is 12.7. The number of hydrogen-bond donors (Lipinski definition) is 4. The Kier molecular flexibility index (Phi) is 4.05. The van der Waals surface area contributed by atoms with E-state index in [1.54, 1.807) is 0 Å². The molecule has 0 radical (unpaired) electrons. The van der Waals surface area contributed by atoms with Crippen molar-refractivity contribution < 1.29 is 4.79 Å². The number of anilines is 1. The number of amidine groups is 2. The summed E-state index contributed by atoms with van der Waals surface area (Å²) < 4.78 is 0. The number of carbonyl (C=O) groups excluding carboxylic acids is 1. The molecule has 0 aliphatic carbocycles. The van der Waals surface area contributed by atoms with Crippen molar-refractivity contribution in [3.8, 4) is 0 Å². The van der Waals surface area contributed by atoms with Crippen molar-refractivity contribution in [1.82, 2.24) is 15.6 Å². The fourth-order valence-electron chi connectivity index (χ4n) is 3.49. The number of nitrogens with one attached hydrogen (secondary N) is 4. The van der Waals surface area contributed by atoms with Crippen LogP contribution < -0.4 is 16.0 Å². The second-order valence-electron chi connectivity index (χ2n) is 6.83. The van der Waals surface area contributed by atoms with Crippen LogP contribution >= 0.6 is 0 Å². The van der Waals surface area contributed by atoms with Gasteiger partial charge in [-0.2, -0.15) is 0 Å². The summed E-state index contributed by atoms with van der Waals surface area (Å²) in [6.45, 7) is 3.35. The summed E-state index contributed by atoms with van der Waals surface area (Å²) in [5, 5.41) is 10.4. The highest BCUT2D eigenvalue weighted by molar-refractivity contribution is 6.08. The first kappa shape index (κ1) is 16.6. The number of aromatic amines is 1. The number of amides is 1. The number of hydrogen-bond acceptors (Lipinski definition) is 5. The molecule has 7 heteroatoms. The number of H-pyrrole nitrogens is 1. The first-order valence-electron chi connectivity index (χ1n) is 9.38.